The molecule has 1 spiro atoms. The first-order valence-corrected chi connectivity index (χ1v) is 55.4. The molecule has 38 nitrogen and oxygen atoms in total. The highest BCUT2D eigenvalue weighted by Crippen LogP contribution is 2.60. The predicted molar refractivity (Wildman–Crippen MR) is 556 cm³/mol. The highest BCUT2D eigenvalue weighted by Gasteiger charge is 2.67. The lowest BCUT2D eigenvalue weighted by Gasteiger charge is -2.49. The maximum absolute atomic E-state index is 14.2. The van der Waals surface area contributed by atoms with E-state index in [1.165, 1.54) is 41.9 Å². The number of ketones is 1. The molecule has 0 amide bonds. The van der Waals surface area contributed by atoms with Crippen molar-refractivity contribution >= 4 is 23.7 Å². The Hall–Kier alpha value is -3.84. The molecule has 0 unspecified atom stereocenters. The van der Waals surface area contributed by atoms with Crippen LogP contribution in [0.5, 0.6) is 0 Å². The van der Waals surface area contributed by atoms with Gasteiger partial charge in [-0.3, -0.25) is 19.2 Å². The van der Waals surface area contributed by atoms with E-state index in [0.29, 0.717) is 44.3 Å². The van der Waals surface area contributed by atoms with E-state index in [1.54, 1.807) is 90.2 Å². The van der Waals surface area contributed by atoms with Gasteiger partial charge in [0.2, 0.25) is 0 Å². The van der Waals surface area contributed by atoms with E-state index in [4.69, 9.17) is 94.7 Å². The van der Waals surface area contributed by atoms with Crippen molar-refractivity contribution in [2.45, 2.75) is 537 Å². The molecular weight excluding hydrogens is 1950 g/mol. The van der Waals surface area contributed by atoms with E-state index < -0.39 is 275 Å². The Morgan fingerprint density at radius 3 is 1.16 bits per heavy atom. The number of Topliss-reactive ketones (excluding diaryl/α,β-unsaturated/α-hetero) is 1. The van der Waals surface area contributed by atoms with Gasteiger partial charge in [0.25, 0.3) is 0 Å². The van der Waals surface area contributed by atoms with Crippen LogP contribution in [0.4, 0.5) is 0 Å². The molecule has 0 aromatic heterocycles. The van der Waals surface area contributed by atoms with Crippen LogP contribution in [0.15, 0.2) is 23.0 Å². The quantitative estimate of drug-likeness (QED) is 0.0289. The molecule has 870 valence electrons. The first-order chi connectivity index (χ1) is 69.3. The Labute approximate surface area is 896 Å². The first kappa shape index (κ1) is 128. The van der Waals surface area contributed by atoms with E-state index >= 15 is 0 Å². The summed E-state index contributed by atoms with van der Waals surface area (Å²) in [6.45, 7) is 54.3. The summed E-state index contributed by atoms with van der Waals surface area (Å²) in [5, 5.41) is 126. The number of rotatable bonds is 21. The molecule has 0 saturated carbocycles. The Kier molecular flexibility index (Phi) is 42.5. The summed E-state index contributed by atoms with van der Waals surface area (Å²) in [5.41, 5.74) is -9.39. The third kappa shape index (κ3) is 26.6. The van der Waals surface area contributed by atoms with Crippen LogP contribution in [-0.2, 0) is 114 Å². The van der Waals surface area contributed by atoms with Crippen molar-refractivity contribution in [3.8, 4) is 0 Å². The highest BCUT2D eigenvalue weighted by atomic mass is 16.8. The van der Waals surface area contributed by atoms with Gasteiger partial charge < -0.3 is 166 Å². The van der Waals surface area contributed by atoms with Gasteiger partial charge in [0, 0.05) is 101 Å². The minimum atomic E-state index is -1.99. The first-order valence-electron chi connectivity index (χ1n) is 55.4. The lowest BCUT2D eigenvalue weighted by Crippen LogP contribution is -2.61. The second kappa shape index (κ2) is 49.8. The molecule has 0 aromatic rings. The van der Waals surface area contributed by atoms with E-state index in [0.717, 1.165) is 17.6 Å². The van der Waals surface area contributed by atoms with Crippen LogP contribution in [0.3, 0.4) is 0 Å². The standard InChI is InChI=1S/C38H65NO10.C37H67NO13.C37H65NO12/c1-14-29-36(9)18-21(3)38(49-36)20(2)17-35(8,48-38)26(16-28-31(40)27(39(11)12)15-22(4)44-28)23(5)32(24(6)34(42)46-29)47-30-19-37(10,43-13)33(41)25(7)45-30;1-14-25-37(10,45)30(41)20(4)27(39)18(2)16-35(8,44)32(51-34-28(40)24(38(11)12)15-19(3)47-34)21(5)29(22(6)33(43)49-25)50-26-17-36(9,46-13)31(42)23(7)48-26;1-14-25-37(10,43)30(40)20(4)28-18(2)16-36(9,50-28)32(49-34-27(39)24(38(11)12)15-19(3)45-34)21(5)29(22(6)33(42)47-25)48-26-17-35(8,44-13)31(41)23(7)46-26/h18,20,22-33,40-41H,14-17,19H2,1-13H3;18-26,28-32,34,40-42,44-45H,14-17H2,1-13H3;19-27,29-32,34,39-41,43H,14-17H2,1-13H3/p+2/t20-,22-,23-,24-,25+,26-,27+,28+,29-,30+,31-,32+,33+,35+,36+,37-,38-;18-,19-,20+,21+,22-,23+,24+,25-,26+,28-,29+,30-,31+,32-,34+,35-,36-,37-;19-,20+,21+,22-,23+,24+,25-,26+,27-,29+,30-,31+,32-,34+,35-,36-,37-/m111/s1. The number of nitrogens with zero attached hydrogens (tertiary/aromatic N) is 3. The van der Waals surface area contributed by atoms with Crippen molar-refractivity contribution < 1.29 is 173 Å². The Balaban J connectivity index is 0.000000275. The predicted octanol–water partition coefficient (Wildman–Crippen LogP) is 9.50. The van der Waals surface area contributed by atoms with Crippen molar-refractivity contribution in [1.82, 2.24) is 14.7 Å². The number of ether oxygens (including phenoxy) is 20. The summed E-state index contributed by atoms with van der Waals surface area (Å²) in [6.07, 6.45) is -16.9. The topological polar surface area (TPSA) is 485 Å². The second-order valence-electron chi connectivity index (χ2n) is 49.7. The molecule has 12 rings (SSSR count). The van der Waals surface area contributed by atoms with Crippen LogP contribution < -0.4 is 0 Å². The number of aliphatic hydroxyl groups excluding tert-OH is 8. The number of hydrogen-bond acceptors (Lipinski definition) is 38. The number of aliphatic hydroxyl groups is 11. The van der Waals surface area contributed by atoms with E-state index in [2.05, 4.69) is 45.6 Å². The van der Waals surface area contributed by atoms with Gasteiger partial charge in [0.15, 0.2) is 37.2 Å². The largest absolute Gasteiger partial charge is 1.00 e. The number of carbonyl (C=O) groups excluding carboxylic acids is 4. The molecule has 12 heterocycles. The molecule has 0 radical (unpaired) electrons. The van der Waals surface area contributed by atoms with Gasteiger partial charge in [-0.1, -0.05) is 69.2 Å². The molecule has 12 aliphatic rings. The van der Waals surface area contributed by atoms with E-state index in [-0.39, 0.29) is 102 Å². The van der Waals surface area contributed by atoms with E-state index in [9.17, 15) is 75.3 Å². The number of cyclic esters (lactones) is 3. The molecule has 38 heteroatoms. The van der Waals surface area contributed by atoms with Crippen molar-refractivity contribution in [2.24, 2.45) is 65.1 Å². The Bertz CT molecular complexity index is 4490. The van der Waals surface area contributed by atoms with Gasteiger partial charge in [-0.15, -0.1) is 0 Å². The highest BCUT2D eigenvalue weighted by molar-refractivity contribution is 5.83. The average molecular weight is 2150 g/mol. The SMILES string of the molecule is CC[C@H]1OC(=O)[C@H](C)[C@@H](O[C@H]2C[C@@](C)(OC)[C@@H](O)[C@H](C)O2)[C@H](C)[C@@H](C[C@@H]2O[C@H](C)C[C@H](N(C)C)[C@H]2O)[C@]2(C)C[C@@H](C)[C@]3(O[C@@]1(C)C=C3C)O2.CC[C@H]1OC(=O)[C@H](C)[C@@H](O[C@H]2C[C@@](C)(OC)[C@@H](O)[C@H](C)O2)[C@H](C)[C@@H](O[C@@H]2O[C@H](C)C[C@H](N(C)C)[C@H]2O)[C@@]2(C)CC(C)=C(O2)[C@H](C)[C@@H](O)[C@]1(C)O.CC[C@H]1OC(=O)[C@H](C)[C@@H](O[C@H]2C[C@@](C)(OC)[C@@H](O)[C@H](C)O2)[C@H](C)[C@@H](O[C@@H]2O[C@H](C)C[C@H](N(C)C)[C@H]2O)[C@](C)(O)C[C@@H](C)C(=O)[C@H](C)[C@@H](O)[C@]1(C)O.[H+].[H+]. The molecule has 10 saturated heterocycles. The average Bonchev–Trinajstić information content (AvgIpc) is 1.55. The van der Waals surface area contributed by atoms with Crippen molar-refractivity contribution in [2.75, 3.05) is 63.6 Å². The minimum absolute atomic E-state index is 0. The number of carbonyl (C=O) groups is 4. The molecule has 0 aliphatic carbocycles. The summed E-state index contributed by atoms with van der Waals surface area (Å²) < 4.78 is 128. The van der Waals surface area contributed by atoms with Crippen molar-refractivity contribution in [1.29, 1.82) is 0 Å². The number of likely N-dealkylation sites (N-methyl/N-ethyl adjacent to an activating group) is 3. The molecule has 52 atom stereocenters. The van der Waals surface area contributed by atoms with Crippen LogP contribution in [0.25, 0.3) is 0 Å². The molecule has 0 aromatic carbocycles. The van der Waals surface area contributed by atoms with Crippen LogP contribution >= 0.6 is 0 Å². The summed E-state index contributed by atoms with van der Waals surface area (Å²) in [6, 6.07) is -0.624. The van der Waals surface area contributed by atoms with Crippen molar-refractivity contribution in [3.63, 3.8) is 0 Å². The van der Waals surface area contributed by atoms with Gasteiger partial charge >= 0.3 is 20.8 Å². The summed E-state index contributed by atoms with van der Waals surface area (Å²) in [4.78, 5) is 62.1. The van der Waals surface area contributed by atoms with Gasteiger partial charge in [-0.05, 0) is 268 Å². The molecule has 5 bridgehead atoms. The van der Waals surface area contributed by atoms with Crippen LogP contribution in [-0.4, -0.2) is 404 Å². The Morgan fingerprint density at radius 1 is 0.413 bits per heavy atom. The molecule has 12 aliphatic heterocycles. The van der Waals surface area contributed by atoms with Gasteiger partial charge in [-0.2, -0.15) is 0 Å². The second-order valence-corrected chi connectivity index (χ2v) is 49.7. The maximum Gasteiger partial charge on any atom is 1.00 e. The van der Waals surface area contributed by atoms with E-state index in [1.807, 2.05) is 114 Å². The third-order valence-electron chi connectivity index (χ3n) is 36.7. The number of hydrogen-bond donors (Lipinski definition) is 11. The van der Waals surface area contributed by atoms with Crippen LogP contribution in [0.1, 0.15) is 294 Å². The van der Waals surface area contributed by atoms with Crippen LogP contribution in [0.2, 0.25) is 0 Å². The van der Waals surface area contributed by atoms with Gasteiger partial charge in [0.05, 0.1) is 131 Å². The lowest BCUT2D eigenvalue weighted by molar-refractivity contribution is -0.318. The fourth-order valence-corrected chi connectivity index (χ4v) is 27.1. The summed E-state index contributed by atoms with van der Waals surface area (Å²) in [5.74, 6) is -9.90. The zero-order valence-corrected chi connectivity index (χ0v) is 97.6. The molecule has 10 fully saturated rings. The smallest absolute Gasteiger partial charge is 0.489 e. The Morgan fingerprint density at radius 2 is 0.773 bits per heavy atom. The number of esters is 3. The third-order valence-corrected chi connectivity index (χ3v) is 36.7. The van der Waals surface area contributed by atoms with Crippen molar-refractivity contribution in [3.05, 3.63) is 23.0 Å². The zero-order chi connectivity index (χ0) is 113. The molecule has 150 heavy (non-hydrogen) atoms. The summed E-state index contributed by atoms with van der Waals surface area (Å²) in [7, 11) is 16.1. The zero-order valence-electron chi connectivity index (χ0n) is 99.6. The lowest BCUT2D eigenvalue weighted by atomic mass is 9.69. The van der Waals surface area contributed by atoms with Crippen LogP contribution in [0, 0.1) is 65.1 Å². The normalized spacial score (nSPS) is 50.5. The molecular formula is C112H199N3O35+2. The minimum Gasteiger partial charge on any atom is -0.489 e. The fraction of sp³-hybridized carbons (Fsp3) is 0.929. The monoisotopic (exact) mass is 2150 g/mol. The summed E-state index contributed by atoms with van der Waals surface area (Å²) >= 11 is 0. The van der Waals surface area contributed by atoms with Gasteiger partial charge in [0.1, 0.15) is 88.9 Å². The maximum atomic E-state index is 14.2. The fourth-order valence-electron chi connectivity index (χ4n) is 27.1. The number of fused-ring (bicyclic) bond motifs is 4. The molecule has 11 N–H and O–H groups in total. The number of methoxy groups -OCH3 is 3. The van der Waals surface area contributed by atoms with Gasteiger partial charge in [-0.25, -0.2) is 0 Å².